The van der Waals surface area contributed by atoms with Gasteiger partial charge in [-0.2, -0.15) is 0 Å². The van der Waals surface area contributed by atoms with Crippen molar-refractivity contribution in [2.75, 3.05) is 49.1 Å². The number of halogens is 1. The van der Waals surface area contributed by atoms with Gasteiger partial charge in [0.05, 0.1) is 23.7 Å². The van der Waals surface area contributed by atoms with Crippen LogP contribution in [-0.4, -0.2) is 80.4 Å². The zero-order valence-corrected chi connectivity index (χ0v) is 17.6. The second-order valence-corrected chi connectivity index (χ2v) is 10.7. The molecule has 2 aliphatic heterocycles. The maximum atomic E-state index is 14.0. The molecule has 1 saturated carbocycles. The number of amides is 1. The summed E-state index contributed by atoms with van der Waals surface area (Å²) in [5.74, 6) is 0.136. The third-order valence-corrected chi connectivity index (χ3v) is 8.28. The number of para-hydroxylation sites is 1. The van der Waals surface area contributed by atoms with Crippen LogP contribution in [0, 0.1) is 5.82 Å². The van der Waals surface area contributed by atoms with E-state index in [-0.39, 0.29) is 35.3 Å². The molecule has 8 heteroatoms. The molecule has 0 aromatic heterocycles. The summed E-state index contributed by atoms with van der Waals surface area (Å²) in [6.07, 6.45) is 4.72. The SMILES string of the molecule is O=C(CN1CCN(c2ccccc2F)CC1)N(C1CCCC1)C1CCS(=O)(=O)C1. The largest absolute Gasteiger partial charge is 0.367 e. The number of piperazine rings is 1. The molecule has 0 spiro atoms. The fraction of sp³-hybridized carbons (Fsp3) is 0.667. The van der Waals surface area contributed by atoms with Crippen LogP contribution in [0.5, 0.6) is 0 Å². The lowest BCUT2D eigenvalue weighted by Crippen LogP contribution is -2.54. The van der Waals surface area contributed by atoms with E-state index in [4.69, 9.17) is 0 Å². The molecule has 0 N–H and O–H groups in total. The Labute approximate surface area is 172 Å². The summed E-state index contributed by atoms with van der Waals surface area (Å²) in [4.78, 5) is 19.3. The van der Waals surface area contributed by atoms with E-state index in [1.54, 1.807) is 12.1 Å². The highest BCUT2D eigenvalue weighted by Crippen LogP contribution is 2.29. The molecule has 4 rings (SSSR count). The summed E-state index contributed by atoms with van der Waals surface area (Å²) in [6.45, 7) is 3.06. The van der Waals surface area contributed by atoms with Gasteiger partial charge in [0.25, 0.3) is 0 Å². The Morgan fingerprint density at radius 3 is 2.34 bits per heavy atom. The first-order valence-electron chi connectivity index (χ1n) is 10.7. The molecule has 1 aromatic carbocycles. The molecular formula is C21H30FN3O3S. The van der Waals surface area contributed by atoms with Gasteiger partial charge < -0.3 is 9.80 Å². The molecule has 2 heterocycles. The van der Waals surface area contributed by atoms with E-state index in [1.165, 1.54) is 6.07 Å². The van der Waals surface area contributed by atoms with E-state index in [9.17, 15) is 17.6 Å². The molecule has 0 bridgehead atoms. The molecule has 29 heavy (non-hydrogen) atoms. The fourth-order valence-corrected chi connectivity index (χ4v) is 6.72. The minimum Gasteiger partial charge on any atom is -0.367 e. The van der Waals surface area contributed by atoms with E-state index >= 15 is 0 Å². The second-order valence-electron chi connectivity index (χ2n) is 8.51. The van der Waals surface area contributed by atoms with Crippen LogP contribution in [0.2, 0.25) is 0 Å². The van der Waals surface area contributed by atoms with Gasteiger partial charge in [-0.1, -0.05) is 25.0 Å². The summed E-state index contributed by atoms with van der Waals surface area (Å²) in [5.41, 5.74) is 0.613. The maximum Gasteiger partial charge on any atom is 0.237 e. The number of hydrogen-bond acceptors (Lipinski definition) is 5. The summed E-state index contributed by atoms with van der Waals surface area (Å²) in [6, 6.07) is 6.80. The Morgan fingerprint density at radius 1 is 1.03 bits per heavy atom. The van der Waals surface area contributed by atoms with Crippen molar-refractivity contribution in [1.82, 2.24) is 9.80 Å². The molecule has 1 amide bonds. The van der Waals surface area contributed by atoms with Gasteiger partial charge in [-0.15, -0.1) is 0 Å². The first-order chi connectivity index (χ1) is 13.9. The minimum absolute atomic E-state index is 0.0540. The number of benzene rings is 1. The number of sulfone groups is 1. The minimum atomic E-state index is -3.03. The number of carbonyl (C=O) groups is 1. The predicted molar refractivity (Wildman–Crippen MR) is 111 cm³/mol. The third kappa shape index (κ3) is 4.74. The van der Waals surface area contributed by atoms with Crippen molar-refractivity contribution in [2.24, 2.45) is 0 Å². The van der Waals surface area contributed by atoms with E-state index in [0.29, 0.717) is 44.8 Å². The van der Waals surface area contributed by atoms with Crippen molar-refractivity contribution in [1.29, 1.82) is 0 Å². The van der Waals surface area contributed by atoms with Crippen LogP contribution in [-0.2, 0) is 14.6 Å². The number of hydrogen-bond donors (Lipinski definition) is 0. The molecule has 1 unspecified atom stereocenters. The van der Waals surface area contributed by atoms with E-state index in [2.05, 4.69) is 4.90 Å². The summed E-state index contributed by atoms with van der Waals surface area (Å²) < 4.78 is 38.0. The van der Waals surface area contributed by atoms with Gasteiger partial charge >= 0.3 is 0 Å². The average Bonchev–Trinajstić information content (AvgIpc) is 3.33. The Hall–Kier alpha value is -1.67. The molecule has 1 aliphatic carbocycles. The van der Waals surface area contributed by atoms with Crippen LogP contribution < -0.4 is 4.90 Å². The summed E-state index contributed by atoms with van der Waals surface area (Å²) in [7, 11) is -3.03. The van der Waals surface area contributed by atoms with Crippen molar-refractivity contribution < 1.29 is 17.6 Å². The van der Waals surface area contributed by atoms with Gasteiger partial charge in [0.1, 0.15) is 5.82 Å². The molecule has 6 nitrogen and oxygen atoms in total. The lowest BCUT2D eigenvalue weighted by molar-refractivity contribution is -0.137. The van der Waals surface area contributed by atoms with Crippen molar-refractivity contribution in [3.05, 3.63) is 30.1 Å². The number of carbonyl (C=O) groups excluding carboxylic acids is 1. The highest BCUT2D eigenvalue weighted by molar-refractivity contribution is 7.91. The van der Waals surface area contributed by atoms with E-state index in [0.717, 1.165) is 25.7 Å². The average molecular weight is 424 g/mol. The molecule has 3 fully saturated rings. The first kappa shape index (κ1) is 20.6. The second kappa shape index (κ2) is 8.60. The van der Waals surface area contributed by atoms with E-state index in [1.807, 2.05) is 15.9 Å². The molecule has 160 valence electrons. The smallest absolute Gasteiger partial charge is 0.237 e. The monoisotopic (exact) mass is 423 g/mol. The molecule has 1 aromatic rings. The molecule has 2 saturated heterocycles. The lowest BCUT2D eigenvalue weighted by Gasteiger charge is -2.39. The molecule has 3 aliphatic rings. The van der Waals surface area contributed by atoms with Gasteiger partial charge in [0.2, 0.25) is 5.91 Å². The summed E-state index contributed by atoms with van der Waals surface area (Å²) >= 11 is 0. The lowest BCUT2D eigenvalue weighted by atomic mass is 10.1. The first-order valence-corrected chi connectivity index (χ1v) is 12.5. The van der Waals surface area contributed by atoms with Gasteiger partial charge in [-0.3, -0.25) is 9.69 Å². The zero-order chi connectivity index (χ0) is 20.4. The Kier molecular flexibility index (Phi) is 6.11. The van der Waals surface area contributed by atoms with Crippen LogP contribution >= 0.6 is 0 Å². The highest BCUT2D eigenvalue weighted by Gasteiger charge is 2.39. The Bertz CT molecular complexity index is 833. The zero-order valence-electron chi connectivity index (χ0n) is 16.8. The van der Waals surface area contributed by atoms with E-state index < -0.39 is 9.84 Å². The Morgan fingerprint density at radius 2 is 1.72 bits per heavy atom. The topological polar surface area (TPSA) is 60.9 Å². The van der Waals surface area contributed by atoms with Crippen LogP contribution in [0.4, 0.5) is 10.1 Å². The van der Waals surface area contributed by atoms with Gasteiger partial charge in [-0.25, -0.2) is 12.8 Å². The fourth-order valence-electron chi connectivity index (χ4n) is 5.01. The standard InChI is InChI=1S/C21H30FN3O3S/c22-19-7-3-4-8-20(19)24-12-10-23(11-13-24)15-21(26)25(17-5-1-2-6-17)18-9-14-29(27,28)16-18/h3-4,7-8,17-18H,1-2,5-6,9-16H2. The van der Waals surface area contributed by atoms with Crippen molar-refractivity contribution in [3.63, 3.8) is 0 Å². The van der Waals surface area contributed by atoms with Crippen LogP contribution in [0.15, 0.2) is 24.3 Å². The van der Waals surface area contributed by atoms with Gasteiger partial charge in [0.15, 0.2) is 9.84 Å². The predicted octanol–water partition coefficient (Wildman–Crippen LogP) is 1.91. The van der Waals surface area contributed by atoms with Crippen LogP contribution in [0.25, 0.3) is 0 Å². The van der Waals surface area contributed by atoms with Gasteiger partial charge in [-0.05, 0) is 31.4 Å². The maximum absolute atomic E-state index is 14.0. The summed E-state index contributed by atoms with van der Waals surface area (Å²) in [5, 5.41) is 0. The van der Waals surface area contributed by atoms with Crippen molar-refractivity contribution >= 4 is 21.4 Å². The third-order valence-electron chi connectivity index (χ3n) is 6.53. The highest BCUT2D eigenvalue weighted by atomic mass is 32.2. The molecule has 1 atom stereocenters. The van der Waals surface area contributed by atoms with Crippen LogP contribution in [0.1, 0.15) is 32.1 Å². The van der Waals surface area contributed by atoms with Crippen molar-refractivity contribution in [2.45, 2.75) is 44.2 Å². The van der Waals surface area contributed by atoms with Gasteiger partial charge in [0, 0.05) is 38.3 Å². The Balaban J connectivity index is 1.37. The normalized spacial score (nSPS) is 25.4. The van der Waals surface area contributed by atoms with Crippen molar-refractivity contribution in [3.8, 4) is 0 Å². The number of nitrogens with zero attached hydrogens (tertiary/aromatic N) is 3. The molecule has 0 radical (unpaired) electrons. The quantitative estimate of drug-likeness (QED) is 0.724. The van der Waals surface area contributed by atoms with Crippen LogP contribution in [0.3, 0.4) is 0 Å². The molecular weight excluding hydrogens is 393 g/mol. The number of anilines is 1. The number of rotatable bonds is 5.